The molecular weight excluding hydrogens is 310 g/mol. The van der Waals surface area contributed by atoms with Crippen LogP contribution in [0.4, 0.5) is 4.79 Å². The lowest BCUT2D eigenvalue weighted by molar-refractivity contribution is -0.145. The molecule has 6 heteroatoms. The summed E-state index contributed by atoms with van der Waals surface area (Å²) in [6.07, 6.45) is -0.708. The zero-order chi connectivity index (χ0) is 18.4. The second-order valence-electron chi connectivity index (χ2n) is 6.88. The molecule has 0 aromatic heterocycles. The van der Waals surface area contributed by atoms with Crippen LogP contribution in [0.25, 0.3) is 0 Å². The molecule has 24 heavy (non-hydrogen) atoms. The van der Waals surface area contributed by atoms with E-state index in [4.69, 9.17) is 4.74 Å². The summed E-state index contributed by atoms with van der Waals surface area (Å²) in [4.78, 5) is 35.4. The zero-order valence-corrected chi connectivity index (χ0v) is 14.6. The van der Waals surface area contributed by atoms with Crippen LogP contribution >= 0.6 is 0 Å². The Labute approximate surface area is 142 Å². The number of aliphatic carboxylic acids is 1. The number of ether oxygens (including phenoxy) is 1. The average molecular weight is 335 g/mol. The third-order valence-corrected chi connectivity index (χ3v) is 3.40. The number of amides is 1. The van der Waals surface area contributed by atoms with E-state index in [1.54, 1.807) is 45.0 Å². The molecule has 0 bridgehead atoms. The fraction of sp³-hybridized carbons (Fsp3) is 0.500. The molecule has 0 unspecified atom stereocenters. The maximum atomic E-state index is 12.1. The van der Waals surface area contributed by atoms with Crippen molar-refractivity contribution in [1.82, 2.24) is 5.32 Å². The summed E-state index contributed by atoms with van der Waals surface area (Å²) in [5, 5.41) is 12.2. The predicted octanol–water partition coefficient (Wildman–Crippen LogP) is 2.95. The SMILES string of the molecule is CC(=O)CC[C@](Cc1ccccc1)(NC(=O)OC(C)(C)C)C(=O)O. The van der Waals surface area contributed by atoms with Crippen molar-refractivity contribution in [2.75, 3.05) is 0 Å². The molecule has 2 N–H and O–H groups in total. The minimum absolute atomic E-state index is 0.00813. The number of carbonyl (C=O) groups is 3. The van der Waals surface area contributed by atoms with Crippen molar-refractivity contribution in [2.24, 2.45) is 0 Å². The summed E-state index contributed by atoms with van der Waals surface area (Å²) >= 11 is 0. The number of hydrogen-bond acceptors (Lipinski definition) is 4. The molecule has 0 saturated heterocycles. The normalized spacial score (nSPS) is 13.7. The van der Waals surface area contributed by atoms with Crippen LogP contribution < -0.4 is 5.32 Å². The second kappa shape index (κ2) is 7.95. The van der Waals surface area contributed by atoms with Crippen LogP contribution in [0.5, 0.6) is 0 Å². The molecule has 1 aromatic rings. The smallest absolute Gasteiger partial charge is 0.408 e. The zero-order valence-electron chi connectivity index (χ0n) is 14.6. The minimum atomic E-state index is -1.60. The van der Waals surface area contributed by atoms with E-state index in [9.17, 15) is 19.5 Å². The molecule has 1 amide bonds. The first-order valence-corrected chi connectivity index (χ1v) is 7.82. The second-order valence-corrected chi connectivity index (χ2v) is 6.88. The predicted molar refractivity (Wildman–Crippen MR) is 89.8 cm³/mol. The molecule has 0 spiro atoms. The van der Waals surface area contributed by atoms with Gasteiger partial charge in [-0.25, -0.2) is 9.59 Å². The van der Waals surface area contributed by atoms with E-state index in [2.05, 4.69) is 5.32 Å². The molecule has 1 atom stereocenters. The van der Waals surface area contributed by atoms with Gasteiger partial charge in [0.05, 0.1) is 0 Å². The number of ketones is 1. The monoisotopic (exact) mass is 335 g/mol. The van der Waals surface area contributed by atoms with Crippen molar-refractivity contribution in [2.45, 2.75) is 58.1 Å². The number of Topliss-reactive ketones (excluding diaryl/α,β-unsaturated/α-hetero) is 1. The Balaban J connectivity index is 3.08. The van der Waals surface area contributed by atoms with E-state index in [1.165, 1.54) is 6.92 Å². The Kier molecular flexibility index (Phi) is 6.51. The van der Waals surface area contributed by atoms with Gasteiger partial charge in [-0.05, 0) is 39.7 Å². The third-order valence-electron chi connectivity index (χ3n) is 3.40. The van der Waals surface area contributed by atoms with Gasteiger partial charge >= 0.3 is 12.1 Å². The van der Waals surface area contributed by atoms with Gasteiger partial charge in [0.2, 0.25) is 0 Å². The van der Waals surface area contributed by atoms with Crippen molar-refractivity contribution in [3.8, 4) is 0 Å². The first-order chi connectivity index (χ1) is 11.0. The van der Waals surface area contributed by atoms with Crippen LogP contribution in [0.2, 0.25) is 0 Å². The van der Waals surface area contributed by atoms with E-state index < -0.39 is 23.2 Å². The molecule has 0 aliphatic heterocycles. The van der Waals surface area contributed by atoms with Crippen molar-refractivity contribution in [3.05, 3.63) is 35.9 Å². The molecule has 0 fully saturated rings. The number of alkyl carbamates (subject to hydrolysis) is 1. The van der Waals surface area contributed by atoms with Crippen molar-refractivity contribution < 1.29 is 24.2 Å². The molecule has 0 heterocycles. The highest BCUT2D eigenvalue weighted by Crippen LogP contribution is 2.22. The standard InChI is InChI=1S/C18H25NO5/c1-13(20)10-11-18(15(21)22,12-14-8-6-5-7-9-14)19-16(23)24-17(2,3)4/h5-9H,10-12H2,1-4H3,(H,19,23)(H,21,22)/t18-/m1/s1. The van der Waals surface area contributed by atoms with Gasteiger partial charge in [0, 0.05) is 12.8 Å². The van der Waals surface area contributed by atoms with E-state index in [1.807, 2.05) is 6.07 Å². The number of hydrogen-bond donors (Lipinski definition) is 2. The summed E-state index contributed by atoms with van der Waals surface area (Å²) in [7, 11) is 0. The van der Waals surface area contributed by atoms with Gasteiger partial charge in [-0.3, -0.25) is 0 Å². The lowest BCUT2D eigenvalue weighted by atomic mass is 9.85. The Bertz CT molecular complexity index is 591. The number of carboxylic acid groups (broad SMARTS) is 1. The van der Waals surface area contributed by atoms with Crippen LogP contribution in [0.15, 0.2) is 30.3 Å². The lowest BCUT2D eigenvalue weighted by Gasteiger charge is -2.32. The van der Waals surface area contributed by atoms with Crippen molar-refractivity contribution >= 4 is 17.8 Å². The van der Waals surface area contributed by atoms with E-state index in [-0.39, 0.29) is 25.0 Å². The van der Waals surface area contributed by atoms with Crippen molar-refractivity contribution in [1.29, 1.82) is 0 Å². The molecule has 132 valence electrons. The number of carboxylic acids is 1. The summed E-state index contributed by atoms with van der Waals surface area (Å²) in [5.74, 6) is -1.34. The van der Waals surface area contributed by atoms with Crippen molar-refractivity contribution in [3.63, 3.8) is 0 Å². The maximum absolute atomic E-state index is 12.1. The van der Waals surface area contributed by atoms with Crippen LogP contribution in [0, 0.1) is 0 Å². The summed E-state index contributed by atoms with van der Waals surface area (Å²) in [6.45, 7) is 6.48. The van der Waals surface area contributed by atoms with Crippen LogP contribution in [0.1, 0.15) is 46.1 Å². The highest BCUT2D eigenvalue weighted by molar-refractivity contribution is 5.86. The molecule has 0 aliphatic rings. The van der Waals surface area contributed by atoms with Gasteiger partial charge in [-0.15, -0.1) is 0 Å². The van der Waals surface area contributed by atoms with Gasteiger partial charge in [0.15, 0.2) is 0 Å². The van der Waals surface area contributed by atoms with Gasteiger partial charge in [-0.1, -0.05) is 30.3 Å². The topological polar surface area (TPSA) is 92.7 Å². The highest BCUT2D eigenvalue weighted by atomic mass is 16.6. The fourth-order valence-corrected chi connectivity index (χ4v) is 2.26. The quantitative estimate of drug-likeness (QED) is 0.799. The van der Waals surface area contributed by atoms with E-state index in [0.717, 1.165) is 5.56 Å². The van der Waals surface area contributed by atoms with Crippen LogP contribution in [-0.4, -0.2) is 34.1 Å². The molecule has 1 aromatic carbocycles. The van der Waals surface area contributed by atoms with Crippen LogP contribution in [0.3, 0.4) is 0 Å². The average Bonchev–Trinajstić information content (AvgIpc) is 2.43. The Morgan fingerprint density at radius 3 is 2.17 bits per heavy atom. The van der Waals surface area contributed by atoms with Crippen LogP contribution in [-0.2, 0) is 20.7 Å². The molecule has 0 saturated carbocycles. The summed E-state index contributed by atoms with van der Waals surface area (Å²) in [6, 6.07) is 8.97. The molecule has 6 nitrogen and oxygen atoms in total. The minimum Gasteiger partial charge on any atom is -0.479 e. The Morgan fingerprint density at radius 2 is 1.71 bits per heavy atom. The Hall–Kier alpha value is -2.37. The molecule has 0 aliphatic carbocycles. The van der Waals surface area contributed by atoms with Gasteiger partial charge in [0.1, 0.15) is 16.9 Å². The van der Waals surface area contributed by atoms with Gasteiger partial charge < -0.3 is 20.0 Å². The first kappa shape index (κ1) is 19.7. The molecular formula is C18H25NO5. The number of benzene rings is 1. The van der Waals surface area contributed by atoms with Gasteiger partial charge in [-0.2, -0.15) is 0 Å². The number of nitrogens with one attached hydrogen (secondary N) is 1. The Morgan fingerprint density at radius 1 is 1.12 bits per heavy atom. The highest BCUT2D eigenvalue weighted by Gasteiger charge is 2.41. The van der Waals surface area contributed by atoms with E-state index >= 15 is 0 Å². The third kappa shape index (κ3) is 6.40. The maximum Gasteiger partial charge on any atom is 0.408 e. The summed E-state index contributed by atoms with van der Waals surface area (Å²) in [5.41, 5.74) is -1.60. The lowest BCUT2D eigenvalue weighted by Crippen LogP contribution is -2.57. The molecule has 0 radical (unpaired) electrons. The first-order valence-electron chi connectivity index (χ1n) is 7.82. The largest absolute Gasteiger partial charge is 0.479 e. The number of rotatable bonds is 7. The number of carbonyl (C=O) groups excluding carboxylic acids is 2. The molecule has 1 rings (SSSR count). The van der Waals surface area contributed by atoms with E-state index in [0.29, 0.717) is 0 Å². The fourth-order valence-electron chi connectivity index (χ4n) is 2.26. The van der Waals surface area contributed by atoms with Gasteiger partial charge in [0.25, 0.3) is 0 Å². The summed E-state index contributed by atoms with van der Waals surface area (Å²) < 4.78 is 5.19.